The molecular formula is C22H37N5O2S. The monoisotopic (exact) mass is 435 g/mol. The fourth-order valence-electron chi connectivity index (χ4n) is 3.23. The van der Waals surface area contributed by atoms with E-state index in [0.29, 0.717) is 11.4 Å². The lowest BCUT2D eigenvalue weighted by atomic mass is 10.1. The second-order valence-electron chi connectivity index (χ2n) is 7.66. The first-order valence-corrected chi connectivity index (χ1v) is 12.3. The van der Waals surface area contributed by atoms with Crippen LogP contribution in [0.3, 0.4) is 0 Å². The van der Waals surface area contributed by atoms with Gasteiger partial charge in [-0.15, -0.1) is 0 Å². The van der Waals surface area contributed by atoms with E-state index in [4.69, 9.17) is 5.73 Å². The molecule has 30 heavy (non-hydrogen) atoms. The van der Waals surface area contributed by atoms with Gasteiger partial charge in [0, 0.05) is 31.7 Å². The van der Waals surface area contributed by atoms with Gasteiger partial charge in [-0.1, -0.05) is 18.2 Å². The first-order valence-electron chi connectivity index (χ1n) is 10.8. The van der Waals surface area contributed by atoms with Gasteiger partial charge in [0.15, 0.2) is 0 Å². The number of anilines is 1. The standard InChI is InChI=1S/C22H37N5O2S/c1-27(2)20-10-11-21-19(18-20)8-5-9-22(21)30(28,29)26-17-7-16-25-14-4-3-13-24-15-6-12-23/h5,8-11,18,24-26H,3-4,6-7,12-17,23H2,1-2H3. The Morgan fingerprint density at radius 3 is 2.20 bits per heavy atom. The number of nitrogens with one attached hydrogen (secondary N) is 3. The van der Waals surface area contributed by atoms with Crippen LogP contribution in [0.5, 0.6) is 0 Å². The van der Waals surface area contributed by atoms with Crippen molar-refractivity contribution in [1.82, 2.24) is 15.4 Å². The summed E-state index contributed by atoms with van der Waals surface area (Å²) in [7, 11) is 0.399. The minimum absolute atomic E-state index is 0.334. The molecule has 0 unspecified atom stereocenters. The van der Waals surface area contributed by atoms with Gasteiger partial charge in [-0.3, -0.25) is 0 Å². The number of rotatable bonds is 15. The quantitative estimate of drug-likeness (QED) is 0.319. The van der Waals surface area contributed by atoms with Crippen LogP contribution >= 0.6 is 0 Å². The maximum absolute atomic E-state index is 12.8. The third-order valence-electron chi connectivity index (χ3n) is 4.97. The van der Waals surface area contributed by atoms with Gasteiger partial charge < -0.3 is 21.3 Å². The summed E-state index contributed by atoms with van der Waals surface area (Å²) in [6.07, 6.45) is 4.00. The van der Waals surface area contributed by atoms with Gasteiger partial charge in [0.05, 0.1) is 4.90 Å². The highest BCUT2D eigenvalue weighted by Gasteiger charge is 2.16. The zero-order chi connectivity index (χ0) is 21.8. The van der Waals surface area contributed by atoms with E-state index in [-0.39, 0.29) is 0 Å². The van der Waals surface area contributed by atoms with Crippen LogP contribution in [-0.4, -0.2) is 61.8 Å². The highest BCUT2D eigenvalue weighted by Crippen LogP contribution is 2.26. The van der Waals surface area contributed by atoms with Gasteiger partial charge in [0.25, 0.3) is 0 Å². The average Bonchev–Trinajstić information content (AvgIpc) is 2.73. The summed E-state index contributed by atoms with van der Waals surface area (Å²) < 4.78 is 28.3. The third-order valence-corrected chi connectivity index (χ3v) is 6.49. The largest absolute Gasteiger partial charge is 0.378 e. The number of nitrogens with zero attached hydrogens (tertiary/aromatic N) is 1. The molecule has 0 saturated heterocycles. The summed E-state index contributed by atoms with van der Waals surface area (Å²) >= 11 is 0. The molecule has 2 rings (SSSR count). The van der Waals surface area contributed by atoms with Gasteiger partial charge in [-0.05, 0) is 82.0 Å². The lowest BCUT2D eigenvalue weighted by Crippen LogP contribution is -2.28. The number of unbranched alkanes of at least 4 members (excludes halogenated alkanes) is 1. The van der Waals surface area contributed by atoms with Crippen molar-refractivity contribution in [3.8, 4) is 0 Å². The van der Waals surface area contributed by atoms with E-state index in [2.05, 4.69) is 15.4 Å². The molecule has 0 atom stereocenters. The number of hydrogen-bond donors (Lipinski definition) is 4. The maximum Gasteiger partial charge on any atom is 0.241 e. The van der Waals surface area contributed by atoms with Crippen LogP contribution in [0, 0.1) is 0 Å². The number of benzene rings is 2. The lowest BCUT2D eigenvalue weighted by Gasteiger charge is -2.15. The smallest absolute Gasteiger partial charge is 0.241 e. The molecule has 7 nitrogen and oxygen atoms in total. The van der Waals surface area contributed by atoms with E-state index in [1.165, 1.54) is 0 Å². The molecule has 0 bridgehead atoms. The Labute approximate surface area is 181 Å². The Morgan fingerprint density at radius 1 is 0.867 bits per heavy atom. The minimum atomic E-state index is -3.54. The van der Waals surface area contributed by atoms with E-state index in [0.717, 1.165) is 74.9 Å². The number of fused-ring (bicyclic) bond motifs is 1. The Balaban J connectivity index is 1.73. The molecule has 2 aromatic carbocycles. The maximum atomic E-state index is 12.8. The lowest BCUT2D eigenvalue weighted by molar-refractivity contribution is 0.559. The van der Waals surface area contributed by atoms with Crippen molar-refractivity contribution < 1.29 is 8.42 Å². The van der Waals surface area contributed by atoms with Crippen molar-refractivity contribution in [2.24, 2.45) is 5.73 Å². The predicted molar refractivity (Wildman–Crippen MR) is 127 cm³/mol. The van der Waals surface area contributed by atoms with Gasteiger partial charge in [-0.25, -0.2) is 13.1 Å². The molecule has 0 radical (unpaired) electrons. The van der Waals surface area contributed by atoms with Crippen LogP contribution in [0.25, 0.3) is 10.8 Å². The molecule has 0 saturated carbocycles. The summed E-state index contributed by atoms with van der Waals surface area (Å²) in [5.41, 5.74) is 6.50. The van der Waals surface area contributed by atoms with Crippen LogP contribution in [0.4, 0.5) is 5.69 Å². The van der Waals surface area contributed by atoms with Crippen molar-refractivity contribution in [3.63, 3.8) is 0 Å². The third kappa shape index (κ3) is 7.85. The molecule has 168 valence electrons. The van der Waals surface area contributed by atoms with Crippen LogP contribution in [0.1, 0.15) is 25.7 Å². The summed E-state index contributed by atoms with van der Waals surface area (Å²) in [5, 5.41) is 8.40. The first-order chi connectivity index (χ1) is 14.5. The van der Waals surface area contributed by atoms with E-state index >= 15 is 0 Å². The SMILES string of the molecule is CN(C)c1ccc2c(S(=O)(=O)NCCCNCCCCNCCCN)cccc2c1. The minimum Gasteiger partial charge on any atom is -0.378 e. The Hall–Kier alpha value is -1.71. The molecule has 0 aliphatic rings. The van der Waals surface area contributed by atoms with Gasteiger partial charge in [-0.2, -0.15) is 0 Å². The van der Waals surface area contributed by atoms with E-state index < -0.39 is 10.0 Å². The molecule has 2 aromatic rings. The summed E-state index contributed by atoms with van der Waals surface area (Å²) in [5.74, 6) is 0. The molecule has 0 aromatic heterocycles. The number of nitrogens with two attached hydrogens (primary N) is 1. The average molecular weight is 436 g/mol. The molecule has 0 aliphatic carbocycles. The van der Waals surface area contributed by atoms with Gasteiger partial charge in [0.1, 0.15) is 0 Å². The molecule has 0 spiro atoms. The summed E-state index contributed by atoms with van der Waals surface area (Å²) in [6, 6.07) is 11.2. The fraction of sp³-hybridized carbons (Fsp3) is 0.545. The van der Waals surface area contributed by atoms with Crippen LogP contribution in [0.2, 0.25) is 0 Å². The zero-order valence-corrected chi connectivity index (χ0v) is 19.1. The Kier molecular flexibility index (Phi) is 10.5. The van der Waals surface area contributed by atoms with Gasteiger partial charge >= 0.3 is 0 Å². The topological polar surface area (TPSA) is 99.5 Å². The van der Waals surface area contributed by atoms with Crippen molar-refractivity contribution in [3.05, 3.63) is 36.4 Å². The highest BCUT2D eigenvalue weighted by molar-refractivity contribution is 7.89. The normalized spacial score (nSPS) is 11.8. The molecule has 0 amide bonds. The Bertz CT molecular complexity index is 871. The first kappa shape index (κ1) is 24.6. The highest BCUT2D eigenvalue weighted by atomic mass is 32.2. The summed E-state index contributed by atoms with van der Waals surface area (Å²) in [6.45, 7) is 4.90. The molecule has 0 fully saturated rings. The number of sulfonamides is 1. The van der Waals surface area contributed by atoms with Crippen molar-refractivity contribution >= 4 is 26.5 Å². The predicted octanol–water partition coefficient (Wildman–Crippen LogP) is 1.88. The molecular weight excluding hydrogens is 398 g/mol. The molecule has 5 N–H and O–H groups in total. The van der Waals surface area contributed by atoms with Crippen molar-refractivity contribution in [2.45, 2.75) is 30.6 Å². The number of hydrogen-bond acceptors (Lipinski definition) is 6. The van der Waals surface area contributed by atoms with E-state index in [9.17, 15) is 8.42 Å². The molecule has 8 heteroatoms. The zero-order valence-electron chi connectivity index (χ0n) is 18.3. The van der Waals surface area contributed by atoms with E-state index in [1.54, 1.807) is 12.1 Å². The summed E-state index contributed by atoms with van der Waals surface area (Å²) in [4.78, 5) is 2.34. The Morgan fingerprint density at radius 2 is 1.53 bits per heavy atom. The van der Waals surface area contributed by atoms with Crippen molar-refractivity contribution in [2.75, 3.05) is 58.3 Å². The molecule has 0 heterocycles. The van der Waals surface area contributed by atoms with Gasteiger partial charge in [0.2, 0.25) is 10.0 Å². The second-order valence-corrected chi connectivity index (χ2v) is 9.39. The molecule has 0 aliphatic heterocycles. The van der Waals surface area contributed by atoms with Crippen LogP contribution in [-0.2, 0) is 10.0 Å². The van der Waals surface area contributed by atoms with Crippen molar-refractivity contribution in [1.29, 1.82) is 0 Å². The fourth-order valence-corrected chi connectivity index (χ4v) is 4.53. The van der Waals surface area contributed by atoms with E-state index in [1.807, 2.05) is 43.3 Å². The second kappa shape index (κ2) is 12.9. The van der Waals surface area contributed by atoms with Crippen LogP contribution in [0.15, 0.2) is 41.3 Å². The van der Waals surface area contributed by atoms with Crippen LogP contribution < -0.4 is 26.0 Å².